The van der Waals surface area contributed by atoms with E-state index in [0.717, 1.165) is 39.5 Å². The summed E-state index contributed by atoms with van der Waals surface area (Å²) in [5, 5.41) is 0.748. The largest absolute Gasteiger partial charge is 0.293 e. The summed E-state index contributed by atoms with van der Waals surface area (Å²) >= 11 is 1.39. The van der Waals surface area contributed by atoms with Crippen LogP contribution in [0.1, 0.15) is 33.8 Å². The van der Waals surface area contributed by atoms with Crippen molar-refractivity contribution in [3.8, 4) is 10.6 Å². The van der Waals surface area contributed by atoms with E-state index in [9.17, 15) is 9.18 Å². The van der Waals surface area contributed by atoms with Crippen LogP contribution >= 0.6 is 11.3 Å². The number of ketones is 1. The van der Waals surface area contributed by atoms with Gasteiger partial charge < -0.3 is 0 Å². The molecule has 0 aliphatic heterocycles. The minimum Gasteiger partial charge on any atom is -0.293 e. The van der Waals surface area contributed by atoms with E-state index >= 15 is 0 Å². The van der Waals surface area contributed by atoms with Gasteiger partial charge in [-0.05, 0) is 43.5 Å². The number of nitrogens with zero attached hydrogens (tertiary/aromatic N) is 1. The number of thiazole rings is 1. The van der Waals surface area contributed by atoms with Crippen LogP contribution in [0.3, 0.4) is 0 Å². The molecule has 1 aliphatic rings. The lowest BCUT2D eigenvalue weighted by atomic mass is 10.0. The molecule has 1 aromatic carbocycles. The Morgan fingerprint density at radius 2 is 2.11 bits per heavy atom. The van der Waals surface area contributed by atoms with Crippen LogP contribution in [0, 0.1) is 12.7 Å². The quantitative estimate of drug-likeness (QED) is 0.782. The van der Waals surface area contributed by atoms with E-state index in [0.29, 0.717) is 6.42 Å². The van der Waals surface area contributed by atoms with Crippen LogP contribution in [-0.4, -0.2) is 10.8 Å². The van der Waals surface area contributed by atoms with Gasteiger partial charge in [0, 0.05) is 12.0 Å². The van der Waals surface area contributed by atoms with Gasteiger partial charge >= 0.3 is 0 Å². The number of halogens is 1. The lowest BCUT2D eigenvalue weighted by molar-refractivity contribution is 0.0976. The zero-order chi connectivity index (χ0) is 12.7. The van der Waals surface area contributed by atoms with Crippen molar-refractivity contribution < 1.29 is 9.18 Å². The molecule has 0 saturated heterocycles. The van der Waals surface area contributed by atoms with Crippen molar-refractivity contribution in [1.82, 2.24) is 4.98 Å². The second-order valence-electron chi connectivity index (χ2n) is 4.59. The molecule has 0 fully saturated rings. The van der Waals surface area contributed by atoms with Gasteiger partial charge in [-0.2, -0.15) is 0 Å². The number of benzene rings is 1. The van der Waals surface area contributed by atoms with Crippen molar-refractivity contribution in [3.63, 3.8) is 0 Å². The lowest BCUT2D eigenvalue weighted by Gasteiger charge is -2.06. The molecule has 0 N–H and O–H groups in total. The molecule has 2 nitrogen and oxygen atoms in total. The summed E-state index contributed by atoms with van der Waals surface area (Å²) in [4.78, 5) is 17.0. The summed E-state index contributed by atoms with van der Waals surface area (Å²) in [6.45, 7) is 1.85. The van der Waals surface area contributed by atoms with Gasteiger partial charge in [0.25, 0.3) is 0 Å². The zero-order valence-corrected chi connectivity index (χ0v) is 10.8. The molecular formula is C14H12FNOS. The van der Waals surface area contributed by atoms with E-state index in [1.165, 1.54) is 23.5 Å². The van der Waals surface area contributed by atoms with E-state index in [1.54, 1.807) is 0 Å². The normalized spacial score (nSPS) is 14.7. The highest BCUT2D eigenvalue weighted by molar-refractivity contribution is 7.17. The van der Waals surface area contributed by atoms with Gasteiger partial charge in [0.2, 0.25) is 0 Å². The van der Waals surface area contributed by atoms with Crippen LogP contribution in [0.15, 0.2) is 18.2 Å². The molecule has 0 spiro atoms. The maximum absolute atomic E-state index is 13.4. The predicted octanol–water partition coefficient (Wildman–Crippen LogP) is 3.78. The number of carbonyl (C=O) groups is 1. The number of hydrogen-bond donors (Lipinski definition) is 0. The fraction of sp³-hybridized carbons (Fsp3) is 0.286. The SMILES string of the molecule is Cc1cc(F)cc(-c2nc3c(s2)C(=O)CCC3)c1. The average molecular weight is 261 g/mol. The summed E-state index contributed by atoms with van der Waals surface area (Å²) in [6.07, 6.45) is 2.33. The Morgan fingerprint density at radius 1 is 1.28 bits per heavy atom. The summed E-state index contributed by atoms with van der Waals surface area (Å²) in [6, 6.07) is 4.86. The van der Waals surface area contributed by atoms with E-state index in [2.05, 4.69) is 4.98 Å². The minimum absolute atomic E-state index is 0.174. The average Bonchev–Trinajstić information content (AvgIpc) is 2.73. The van der Waals surface area contributed by atoms with Crippen LogP contribution in [0.4, 0.5) is 4.39 Å². The molecule has 0 bridgehead atoms. The molecule has 2 aromatic rings. The van der Waals surface area contributed by atoms with Gasteiger partial charge in [0.05, 0.1) is 10.6 Å². The van der Waals surface area contributed by atoms with E-state index in [-0.39, 0.29) is 11.6 Å². The Morgan fingerprint density at radius 3 is 2.83 bits per heavy atom. The maximum atomic E-state index is 13.4. The summed E-state index contributed by atoms with van der Waals surface area (Å²) in [5.41, 5.74) is 2.51. The Bertz CT molecular complexity index is 612. The van der Waals surface area contributed by atoms with E-state index in [1.807, 2.05) is 13.0 Å². The zero-order valence-electron chi connectivity index (χ0n) is 10.00. The molecule has 0 unspecified atom stereocenters. The first kappa shape index (κ1) is 11.5. The summed E-state index contributed by atoms with van der Waals surface area (Å²) < 4.78 is 13.4. The summed E-state index contributed by atoms with van der Waals surface area (Å²) in [5.74, 6) is -0.0855. The Labute approximate surface area is 108 Å². The molecule has 0 radical (unpaired) electrons. The summed E-state index contributed by atoms with van der Waals surface area (Å²) in [7, 11) is 0. The second-order valence-corrected chi connectivity index (χ2v) is 5.59. The first-order valence-electron chi connectivity index (χ1n) is 5.94. The van der Waals surface area contributed by atoms with Crippen LogP contribution < -0.4 is 0 Å². The van der Waals surface area contributed by atoms with Gasteiger partial charge in [-0.1, -0.05) is 0 Å². The monoisotopic (exact) mass is 261 g/mol. The van der Waals surface area contributed by atoms with Gasteiger partial charge in [0.1, 0.15) is 10.8 Å². The highest BCUT2D eigenvalue weighted by Gasteiger charge is 2.22. The number of hydrogen-bond acceptors (Lipinski definition) is 3. The Kier molecular flexibility index (Phi) is 2.74. The molecule has 4 heteroatoms. The molecule has 0 saturated carbocycles. The Hall–Kier alpha value is -1.55. The van der Waals surface area contributed by atoms with Gasteiger partial charge in [-0.3, -0.25) is 4.79 Å². The van der Waals surface area contributed by atoms with Crippen LogP contribution in [0.2, 0.25) is 0 Å². The topological polar surface area (TPSA) is 30.0 Å². The maximum Gasteiger partial charge on any atom is 0.174 e. The Balaban J connectivity index is 2.10. The molecule has 92 valence electrons. The van der Waals surface area contributed by atoms with Gasteiger partial charge in [-0.15, -0.1) is 11.3 Å². The molecule has 0 amide bonds. The standard InChI is InChI=1S/C14H12FNOS/c1-8-5-9(7-10(15)6-8)14-16-11-3-2-4-12(17)13(11)18-14/h5-7H,2-4H2,1H3. The van der Waals surface area contributed by atoms with Crippen LogP contribution in [-0.2, 0) is 6.42 Å². The van der Waals surface area contributed by atoms with Crippen molar-refractivity contribution in [1.29, 1.82) is 0 Å². The van der Waals surface area contributed by atoms with Gasteiger partial charge in [-0.25, -0.2) is 9.37 Å². The minimum atomic E-state index is -0.260. The van der Waals surface area contributed by atoms with Crippen molar-refractivity contribution in [2.75, 3.05) is 0 Å². The van der Waals surface area contributed by atoms with Crippen molar-refractivity contribution >= 4 is 17.1 Å². The molecule has 18 heavy (non-hydrogen) atoms. The number of aryl methyl sites for hydroxylation is 2. The smallest absolute Gasteiger partial charge is 0.174 e. The molecule has 0 atom stereocenters. The second kappa shape index (κ2) is 4.28. The molecular weight excluding hydrogens is 249 g/mol. The van der Waals surface area contributed by atoms with Crippen molar-refractivity contribution in [2.45, 2.75) is 26.2 Å². The van der Waals surface area contributed by atoms with E-state index < -0.39 is 0 Å². The van der Waals surface area contributed by atoms with Crippen LogP contribution in [0.5, 0.6) is 0 Å². The fourth-order valence-electron chi connectivity index (χ4n) is 2.25. The van der Waals surface area contributed by atoms with Crippen LogP contribution in [0.25, 0.3) is 10.6 Å². The predicted molar refractivity (Wildman–Crippen MR) is 69.5 cm³/mol. The third-order valence-corrected chi connectivity index (χ3v) is 4.24. The highest BCUT2D eigenvalue weighted by atomic mass is 32.1. The van der Waals surface area contributed by atoms with Crippen molar-refractivity contribution in [3.05, 3.63) is 40.2 Å². The number of aromatic nitrogens is 1. The fourth-order valence-corrected chi connectivity index (χ4v) is 3.32. The molecule has 3 rings (SSSR count). The van der Waals surface area contributed by atoms with Gasteiger partial charge in [0.15, 0.2) is 5.78 Å². The molecule has 1 aliphatic carbocycles. The third kappa shape index (κ3) is 1.97. The first-order chi connectivity index (χ1) is 8.63. The first-order valence-corrected chi connectivity index (χ1v) is 6.75. The third-order valence-electron chi connectivity index (χ3n) is 3.06. The highest BCUT2D eigenvalue weighted by Crippen LogP contribution is 2.33. The number of carbonyl (C=O) groups excluding carboxylic acids is 1. The lowest BCUT2D eigenvalue weighted by Crippen LogP contribution is -2.07. The molecule has 1 aromatic heterocycles. The number of Topliss-reactive ketones (excluding diaryl/α,β-unsaturated/α-hetero) is 1. The number of fused-ring (bicyclic) bond motifs is 1. The van der Waals surface area contributed by atoms with Crippen molar-refractivity contribution in [2.24, 2.45) is 0 Å². The number of rotatable bonds is 1. The van der Waals surface area contributed by atoms with E-state index in [4.69, 9.17) is 0 Å². The molecule has 1 heterocycles.